The van der Waals surface area contributed by atoms with Gasteiger partial charge >= 0.3 is 17.9 Å². The molecule has 0 N–H and O–H groups in total. The molecule has 6 heteroatoms. The Kier molecular flexibility index (Phi) is 66.2. The van der Waals surface area contributed by atoms with E-state index in [1.54, 1.807) is 0 Å². The first-order valence-electron chi connectivity index (χ1n) is 35.1. The van der Waals surface area contributed by atoms with Crippen LogP contribution in [0.4, 0.5) is 0 Å². The van der Waals surface area contributed by atoms with Crippen LogP contribution in [0.5, 0.6) is 0 Å². The molecule has 1 atom stereocenters. The summed E-state index contributed by atoms with van der Waals surface area (Å²) in [6.45, 7) is 6.56. The average molecular weight is 1130 g/mol. The van der Waals surface area contributed by atoms with Gasteiger partial charge in [0, 0.05) is 19.3 Å². The molecule has 0 saturated heterocycles. The van der Waals surface area contributed by atoms with Crippen molar-refractivity contribution in [3.05, 3.63) is 85.1 Å². The number of hydrogen-bond acceptors (Lipinski definition) is 6. The summed E-state index contributed by atoms with van der Waals surface area (Å²) in [4.78, 5) is 38.5. The predicted molar refractivity (Wildman–Crippen MR) is 353 cm³/mol. The lowest BCUT2D eigenvalue weighted by Crippen LogP contribution is -2.30. The van der Waals surface area contributed by atoms with Gasteiger partial charge in [-0.1, -0.05) is 324 Å². The van der Waals surface area contributed by atoms with Crippen LogP contribution >= 0.6 is 0 Å². The van der Waals surface area contributed by atoms with E-state index in [1.807, 2.05) is 0 Å². The Bertz CT molecular complexity index is 1530. The zero-order valence-electron chi connectivity index (χ0n) is 53.8. The summed E-state index contributed by atoms with van der Waals surface area (Å²) < 4.78 is 17.0. The highest BCUT2D eigenvalue weighted by atomic mass is 16.6. The lowest BCUT2D eigenvalue weighted by Gasteiger charge is -2.18. The fourth-order valence-electron chi connectivity index (χ4n) is 10.2. The normalized spacial score (nSPS) is 12.6. The minimum absolute atomic E-state index is 0.0776. The molecule has 468 valence electrons. The molecule has 81 heavy (non-hydrogen) atoms. The van der Waals surface area contributed by atoms with Crippen molar-refractivity contribution in [2.24, 2.45) is 0 Å². The van der Waals surface area contributed by atoms with E-state index in [0.29, 0.717) is 19.3 Å². The van der Waals surface area contributed by atoms with Crippen molar-refractivity contribution in [1.29, 1.82) is 0 Å². The largest absolute Gasteiger partial charge is 0.462 e. The Labute approximate surface area is 503 Å². The second-order valence-corrected chi connectivity index (χ2v) is 23.4. The average Bonchev–Trinajstić information content (AvgIpc) is 3.47. The van der Waals surface area contributed by atoms with E-state index in [2.05, 4.69) is 106 Å². The van der Waals surface area contributed by atoms with Crippen molar-refractivity contribution in [1.82, 2.24) is 0 Å². The number of ether oxygens (including phenoxy) is 3. The van der Waals surface area contributed by atoms with Gasteiger partial charge < -0.3 is 14.2 Å². The number of hydrogen-bond donors (Lipinski definition) is 0. The molecule has 0 saturated carbocycles. The molecule has 0 aromatic rings. The van der Waals surface area contributed by atoms with E-state index < -0.39 is 6.10 Å². The van der Waals surface area contributed by atoms with E-state index in [9.17, 15) is 14.4 Å². The van der Waals surface area contributed by atoms with Crippen LogP contribution in [0.15, 0.2) is 85.1 Å². The number of allylic oxidation sites excluding steroid dienone is 14. The van der Waals surface area contributed by atoms with Gasteiger partial charge in [-0.2, -0.15) is 0 Å². The highest BCUT2D eigenvalue weighted by Gasteiger charge is 2.19. The lowest BCUT2D eigenvalue weighted by molar-refractivity contribution is -0.167. The molecule has 0 bridgehead atoms. The molecular formula is C75H132O6. The van der Waals surface area contributed by atoms with Crippen molar-refractivity contribution in [2.75, 3.05) is 13.2 Å². The maximum atomic E-state index is 13.0. The highest BCUT2D eigenvalue weighted by Crippen LogP contribution is 2.17. The van der Waals surface area contributed by atoms with Crippen LogP contribution in [0.2, 0.25) is 0 Å². The Morgan fingerprint density at radius 3 is 0.753 bits per heavy atom. The van der Waals surface area contributed by atoms with Crippen molar-refractivity contribution >= 4 is 17.9 Å². The number of esters is 3. The third-order valence-electron chi connectivity index (χ3n) is 15.4. The van der Waals surface area contributed by atoms with E-state index in [1.165, 1.54) is 212 Å². The number of carbonyl (C=O) groups excluding carboxylic acids is 3. The van der Waals surface area contributed by atoms with Crippen molar-refractivity contribution < 1.29 is 28.6 Å². The summed E-state index contributed by atoms with van der Waals surface area (Å²) in [5.74, 6) is -0.870. The number of carbonyl (C=O) groups is 3. The van der Waals surface area contributed by atoms with Crippen molar-refractivity contribution in [3.8, 4) is 0 Å². The first-order chi connectivity index (χ1) is 40.0. The Morgan fingerprint density at radius 2 is 0.481 bits per heavy atom. The van der Waals surface area contributed by atoms with Gasteiger partial charge in [0.25, 0.3) is 0 Å². The molecule has 0 aliphatic rings. The van der Waals surface area contributed by atoms with Gasteiger partial charge in [-0.05, 0) is 96.3 Å². The molecule has 0 aromatic carbocycles. The van der Waals surface area contributed by atoms with Gasteiger partial charge in [-0.25, -0.2) is 0 Å². The summed E-state index contributed by atoms with van der Waals surface area (Å²) in [5, 5.41) is 0. The fourth-order valence-corrected chi connectivity index (χ4v) is 10.2. The third-order valence-corrected chi connectivity index (χ3v) is 15.4. The summed E-state index contributed by atoms with van der Waals surface area (Å²) in [7, 11) is 0. The quantitative estimate of drug-likeness (QED) is 0.0261. The molecular weight excluding hydrogens is 997 g/mol. The zero-order valence-corrected chi connectivity index (χ0v) is 53.8. The predicted octanol–water partition coefficient (Wildman–Crippen LogP) is 24.2. The smallest absolute Gasteiger partial charge is 0.306 e. The SMILES string of the molecule is CC/C=C\C/C=C\C/C=C\C/C=C\CCCCCCCCCCC(=O)OC(COC(=O)CCCCCCCCCCCC/C=C\C/C=C\C/C=C\CCCCCCC)COC(=O)CCCCCCCCCCCCCCCCCCC. The minimum atomic E-state index is -0.784. The van der Waals surface area contributed by atoms with Gasteiger partial charge in [-0.3, -0.25) is 14.4 Å². The van der Waals surface area contributed by atoms with Gasteiger partial charge in [0.15, 0.2) is 6.10 Å². The molecule has 0 amide bonds. The Hall–Kier alpha value is -3.41. The van der Waals surface area contributed by atoms with Gasteiger partial charge in [0.05, 0.1) is 0 Å². The first-order valence-corrected chi connectivity index (χ1v) is 35.1. The van der Waals surface area contributed by atoms with E-state index in [-0.39, 0.29) is 31.1 Å². The van der Waals surface area contributed by atoms with Crippen LogP contribution in [0.3, 0.4) is 0 Å². The molecule has 0 aromatic heterocycles. The van der Waals surface area contributed by atoms with Crippen LogP contribution < -0.4 is 0 Å². The first kappa shape index (κ1) is 77.6. The monoisotopic (exact) mass is 1130 g/mol. The minimum Gasteiger partial charge on any atom is -0.462 e. The summed E-state index contributed by atoms with van der Waals surface area (Å²) in [6.07, 6.45) is 91.7. The maximum absolute atomic E-state index is 13.0. The van der Waals surface area contributed by atoms with Crippen LogP contribution in [-0.4, -0.2) is 37.2 Å². The summed E-state index contributed by atoms with van der Waals surface area (Å²) >= 11 is 0. The van der Waals surface area contributed by atoms with Crippen LogP contribution in [0.25, 0.3) is 0 Å². The molecule has 6 nitrogen and oxygen atoms in total. The molecule has 0 radical (unpaired) electrons. The van der Waals surface area contributed by atoms with E-state index in [4.69, 9.17) is 14.2 Å². The molecule has 0 rings (SSSR count). The topological polar surface area (TPSA) is 78.9 Å². The maximum Gasteiger partial charge on any atom is 0.306 e. The fraction of sp³-hybridized carbons (Fsp3) is 0.773. The van der Waals surface area contributed by atoms with Crippen molar-refractivity contribution in [3.63, 3.8) is 0 Å². The molecule has 1 unspecified atom stereocenters. The van der Waals surface area contributed by atoms with Gasteiger partial charge in [0.2, 0.25) is 0 Å². The Balaban J connectivity index is 4.36. The van der Waals surface area contributed by atoms with Crippen LogP contribution in [-0.2, 0) is 28.6 Å². The third kappa shape index (κ3) is 67.3. The molecule has 0 aliphatic heterocycles. The second-order valence-electron chi connectivity index (χ2n) is 23.4. The highest BCUT2D eigenvalue weighted by molar-refractivity contribution is 5.71. The zero-order chi connectivity index (χ0) is 58.5. The molecule has 0 heterocycles. The Morgan fingerprint density at radius 1 is 0.259 bits per heavy atom. The van der Waals surface area contributed by atoms with Crippen molar-refractivity contribution in [2.45, 2.75) is 361 Å². The lowest BCUT2D eigenvalue weighted by atomic mass is 10.0. The van der Waals surface area contributed by atoms with Gasteiger partial charge in [0.1, 0.15) is 13.2 Å². The van der Waals surface area contributed by atoms with E-state index in [0.717, 1.165) is 103 Å². The second kappa shape index (κ2) is 69.1. The summed E-state index contributed by atoms with van der Waals surface area (Å²) in [5.41, 5.74) is 0. The van der Waals surface area contributed by atoms with Gasteiger partial charge in [-0.15, -0.1) is 0 Å². The number of unbranched alkanes of at least 4 members (excludes halogenated alkanes) is 39. The molecule has 0 aliphatic carbocycles. The number of rotatable bonds is 64. The molecule has 0 fully saturated rings. The van der Waals surface area contributed by atoms with E-state index >= 15 is 0 Å². The standard InChI is InChI=1S/C75H132O6/c1-4-7-10-13-16-19-22-25-28-31-33-35-36-37-38-40-41-44-47-50-53-56-59-62-65-68-74(77)80-71-72(70-79-73(76)67-64-61-58-55-52-49-46-43-30-27-24-21-18-15-12-9-6-3)81-75(78)69-66-63-60-57-54-51-48-45-42-39-34-32-29-26-23-20-17-14-11-8-5-2/h8,11,17,20,22,25-26,29,31,33-34,36-37,39,72H,4-7,9-10,12-16,18-19,21,23-24,27-28,30,32,35,38,40-71H2,1-3H3/b11-8-,20-17-,25-22-,29-26-,33-31-,37-36-,39-34-. The van der Waals surface area contributed by atoms with Crippen LogP contribution in [0.1, 0.15) is 355 Å². The summed E-state index contributed by atoms with van der Waals surface area (Å²) in [6, 6.07) is 0. The molecule has 0 spiro atoms. The van der Waals surface area contributed by atoms with Crippen LogP contribution in [0, 0.1) is 0 Å².